The fraction of sp³-hybridized carbons (Fsp3) is 0.889. The van der Waals surface area contributed by atoms with Gasteiger partial charge in [0, 0.05) is 0 Å². The molecule has 0 N–H and O–H groups in total. The second-order valence-electron chi connectivity index (χ2n) is 4.63. The van der Waals surface area contributed by atoms with Crippen LogP contribution in [0.4, 0.5) is 0 Å². The number of rotatable bonds is 1. The summed E-state index contributed by atoms with van der Waals surface area (Å²) in [6.45, 7) is 12.0. The van der Waals surface area contributed by atoms with E-state index < -0.39 is 0 Å². The molecule has 3 nitrogen and oxygen atoms in total. The van der Waals surface area contributed by atoms with Crippen LogP contribution in [0.25, 0.3) is 5.43 Å². The van der Waals surface area contributed by atoms with Crippen LogP contribution in [0.5, 0.6) is 0 Å². The van der Waals surface area contributed by atoms with E-state index in [4.69, 9.17) is 0 Å². The normalized spacial score (nSPS) is 11.4. The molecule has 0 aliphatic carbocycles. The number of hydrogen-bond donors (Lipinski definition) is 0. The molecule has 0 bridgehead atoms. The third-order valence-corrected chi connectivity index (χ3v) is 0.689. The first-order valence-corrected chi connectivity index (χ1v) is 6.22. The van der Waals surface area contributed by atoms with Crippen molar-refractivity contribution in [3.63, 3.8) is 0 Å². The van der Waals surface area contributed by atoms with Gasteiger partial charge >= 0.3 is 27.0 Å². The molecule has 0 amide bonds. The fourth-order valence-corrected chi connectivity index (χ4v) is 0.291. The molecule has 0 radical (unpaired) electrons. The average Bonchev–Trinajstić information content (AvgIpc) is 1.86. The van der Waals surface area contributed by atoms with E-state index in [0.717, 1.165) is 0 Å². The summed E-state index contributed by atoms with van der Waals surface area (Å²) in [5, 5.41) is 7.76. The van der Waals surface area contributed by atoms with E-state index in [2.05, 4.69) is 25.5 Å². The summed E-state index contributed by atoms with van der Waals surface area (Å²) in [7, 11) is 4.57. The number of hydrogen-bond acceptors (Lipinski definition) is 2. The zero-order valence-corrected chi connectivity index (χ0v) is 12.6. The zero-order chi connectivity index (χ0) is 11.1. The van der Waals surface area contributed by atoms with E-state index in [1.807, 2.05) is 58.9 Å². The van der Waals surface area contributed by atoms with Gasteiger partial charge in [0.25, 0.3) is 0 Å². The average molecular weight is 308 g/mol. The van der Waals surface area contributed by atoms with Gasteiger partial charge in [0.15, 0.2) is 0 Å². The summed E-state index contributed by atoms with van der Waals surface area (Å²) in [6, 6.07) is 0. The van der Waals surface area contributed by atoms with Crippen LogP contribution >= 0.6 is 9.69 Å². The van der Waals surface area contributed by atoms with Crippen LogP contribution in [0.15, 0.2) is 10.3 Å². The van der Waals surface area contributed by atoms with Crippen molar-refractivity contribution in [1.82, 2.24) is 0 Å². The fourth-order valence-electron chi connectivity index (χ4n) is 0.291. The standard InChI is InChI=1S/C8H18N3.CH3.ClH.Ru/c1-7(2,3)9-11-10-8(4,5)6;;;/h1-6H3;1H3;1H;/q2*-1;;+3/p-1. The van der Waals surface area contributed by atoms with Gasteiger partial charge in [-0.3, -0.25) is 5.22 Å². The minimum absolute atomic E-state index is 0. The summed E-state index contributed by atoms with van der Waals surface area (Å²) >= 11 is 1.82. The summed E-state index contributed by atoms with van der Waals surface area (Å²) in [4.78, 5) is 0. The molecule has 0 aromatic heterocycles. The van der Waals surface area contributed by atoms with E-state index in [9.17, 15) is 0 Å². The molecule has 0 heterocycles. The number of halogens is 1. The van der Waals surface area contributed by atoms with Gasteiger partial charge < -0.3 is 18.0 Å². The monoisotopic (exact) mass is 308 g/mol. The van der Waals surface area contributed by atoms with Gasteiger partial charge in [-0.05, 0) is 11.1 Å². The Bertz CT molecular complexity index is 147. The summed E-state index contributed by atoms with van der Waals surface area (Å²) in [5.74, 6) is 0. The van der Waals surface area contributed by atoms with E-state index in [-0.39, 0.29) is 18.5 Å². The Morgan fingerprint density at radius 2 is 1.36 bits per heavy atom. The minimum atomic E-state index is -0.116. The van der Waals surface area contributed by atoms with Crippen molar-refractivity contribution < 1.29 is 17.3 Å². The topological polar surface area (TPSA) is 38.8 Å². The molecule has 0 aliphatic heterocycles. The molecule has 0 saturated heterocycles. The molecule has 0 atom stereocenters. The Hall–Kier alpha value is 0.313. The first kappa shape index (κ1) is 19.8. The van der Waals surface area contributed by atoms with E-state index in [0.29, 0.717) is 0 Å². The molecule has 0 rings (SSSR count). The van der Waals surface area contributed by atoms with Crippen LogP contribution in [-0.4, -0.2) is 11.1 Å². The van der Waals surface area contributed by atoms with Crippen LogP contribution in [0.3, 0.4) is 0 Å². The van der Waals surface area contributed by atoms with Crippen LogP contribution in [0, 0.1) is 7.43 Å². The molecule has 0 aliphatic rings. The number of nitrogens with zero attached hydrogens (tertiary/aromatic N) is 3. The van der Waals surface area contributed by atoms with Crippen LogP contribution < -0.4 is 0 Å². The molecule has 14 heavy (non-hydrogen) atoms. The van der Waals surface area contributed by atoms with Crippen molar-refractivity contribution in [2.45, 2.75) is 52.6 Å². The molecular formula is C9H21ClN3Ru. The predicted molar refractivity (Wildman–Crippen MR) is 60.0 cm³/mol. The maximum absolute atomic E-state index is 4.57. The van der Waals surface area contributed by atoms with Crippen molar-refractivity contribution in [3.8, 4) is 0 Å². The van der Waals surface area contributed by atoms with E-state index >= 15 is 0 Å². The van der Waals surface area contributed by atoms with Gasteiger partial charge in [0.2, 0.25) is 0 Å². The Kier molecular flexibility index (Phi) is 12.2. The summed E-state index contributed by atoms with van der Waals surface area (Å²) in [6.07, 6.45) is 0. The molecule has 0 spiro atoms. The van der Waals surface area contributed by atoms with Crippen molar-refractivity contribution in [2.24, 2.45) is 10.3 Å². The molecular weight excluding hydrogens is 287 g/mol. The summed E-state index contributed by atoms with van der Waals surface area (Å²) < 4.78 is 0. The third kappa shape index (κ3) is 22.8. The van der Waals surface area contributed by atoms with Gasteiger partial charge in [-0.25, -0.2) is 0 Å². The van der Waals surface area contributed by atoms with Gasteiger partial charge in [0.05, 0.1) is 0 Å². The van der Waals surface area contributed by atoms with Gasteiger partial charge in [-0.15, -0.1) is 0 Å². The Morgan fingerprint density at radius 3 is 1.57 bits per heavy atom. The van der Waals surface area contributed by atoms with Gasteiger partial charge in [-0.1, -0.05) is 41.5 Å². The first-order chi connectivity index (χ1) is 5.71. The third-order valence-electron chi connectivity index (χ3n) is 0.689. The van der Waals surface area contributed by atoms with Gasteiger partial charge in [-0.2, -0.15) is 0 Å². The van der Waals surface area contributed by atoms with Crippen LogP contribution in [0.2, 0.25) is 0 Å². The predicted octanol–water partition coefficient (Wildman–Crippen LogP) is 4.46. The van der Waals surface area contributed by atoms with Crippen molar-refractivity contribution in [2.75, 3.05) is 0 Å². The quantitative estimate of drug-likeness (QED) is 0.297. The van der Waals surface area contributed by atoms with Crippen LogP contribution in [-0.2, 0) is 17.3 Å². The molecule has 87 valence electrons. The molecule has 5 heteroatoms. The first-order valence-electron chi connectivity index (χ1n) is 3.98. The Labute approximate surface area is 103 Å². The van der Waals surface area contributed by atoms with Crippen LogP contribution in [0.1, 0.15) is 41.5 Å². The van der Waals surface area contributed by atoms with Gasteiger partial charge in [0.1, 0.15) is 0 Å². The van der Waals surface area contributed by atoms with Crippen molar-refractivity contribution in [3.05, 3.63) is 12.9 Å². The maximum atomic E-state index is 4.57. The van der Waals surface area contributed by atoms with Crippen molar-refractivity contribution >= 4 is 9.69 Å². The van der Waals surface area contributed by atoms with E-state index in [1.54, 1.807) is 0 Å². The van der Waals surface area contributed by atoms with E-state index in [1.165, 1.54) is 0 Å². The SMILES string of the molecule is CC(C)(C)N=N[N-]C(C)(C)C.[CH3-].[Cl][Ru+2]. The molecule has 0 unspecified atom stereocenters. The molecule has 0 saturated carbocycles. The second kappa shape index (κ2) is 8.61. The Balaban J connectivity index is -0.000000376. The second-order valence-corrected chi connectivity index (χ2v) is 4.63. The van der Waals surface area contributed by atoms with Crippen molar-refractivity contribution in [1.29, 1.82) is 0 Å². The Morgan fingerprint density at radius 1 is 1.00 bits per heavy atom. The molecule has 0 aromatic rings. The zero-order valence-electron chi connectivity index (χ0n) is 10.1. The molecule has 0 aromatic carbocycles. The molecule has 0 fully saturated rings. The summed E-state index contributed by atoms with van der Waals surface area (Å²) in [5.41, 5.74) is 3.77.